The van der Waals surface area contributed by atoms with Crippen LogP contribution in [-0.4, -0.2) is 49.1 Å². The fourth-order valence-corrected chi connectivity index (χ4v) is 3.46. The monoisotopic (exact) mass is 394 g/mol. The molecule has 29 heavy (non-hydrogen) atoms. The highest BCUT2D eigenvalue weighted by Crippen LogP contribution is 2.15. The Morgan fingerprint density at radius 2 is 1.48 bits per heavy atom. The van der Waals surface area contributed by atoms with Crippen molar-refractivity contribution < 1.29 is 9.59 Å². The highest BCUT2D eigenvalue weighted by molar-refractivity contribution is 5.87. The van der Waals surface area contributed by atoms with Gasteiger partial charge in [-0.1, -0.05) is 62.4 Å². The van der Waals surface area contributed by atoms with Gasteiger partial charge in [0.25, 0.3) is 0 Å². The molecule has 154 valence electrons. The Bertz CT molecular complexity index is 787. The predicted molar refractivity (Wildman–Crippen MR) is 116 cm³/mol. The third-order valence-electron chi connectivity index (χ3n) is 5.23. The zero-order valence-corrected chi connectivity index (χ0v) is 17.2. The van der Waals surface area contributed by atoms with E-state index >= 15 is 0 Å². The van der Waals surface area contributed by atoms with Crippen molar-refractivity contribution in [3.63, 3.8) is 0 Å². The lowest BCUT2D eigenvalue weighted by molar-refractivity contribution is -0.124. The largest absolute Gasteiger partial charge is 0.368 e. The molecule has 1 heterocycles. The van der Waals surface area contributed by atoms with Crippen molar-refractivity contribution in [1.82, 2.24) is 15.5 Å². The number of nitrogens with one attached hydrogen (secondary N) is 2. The van der Waals surface area contributed by atoms with Gasteiger partial charge < -0.3 is 20.4 Å². The molecule has 0 radical (unpaired) electrons. The summed E-state index contributed by atoms with van der Waals surface area (Å²) in [5.41, 5.74) is 2.21. The number of piperazine rings is 1. The van der Waals surface area contributed by atoms with Crippen LogP contribution in [0.5, 0.6) is 0 Å². The van der Waals surface area contributed by atoms with Gasteiger partial charge in [0.1, 0.15) is 6.04 Å². The van der Waals surface area contributed by atoms with E-state index < -0.39 is 6.04 Å². The van der Waals surface area contributed by atoms with E-state index in [1.165, 1.54) is 5.69 Å². The molecule has 1 unspecified atom stereocenters. The molecule has 0 spiro atoms. The first kappa shape index (κ1) is 20.7. The third kappa shape index (κ3) is 5.73. The fourth-order valence-electron chi connectivity index (χ4n) is 3.46. The maximum atomic E-state index is 12.8. The minimum absolute atomic E-state index is 0.000307. The van der Waals surface area contributed by atoms with Crippen molar-refractivity contribution in [2.75, 3.05) is 31.1 Å². The first-order valence-electron chi connectivity index (χ1n) is 10.2. The summed E-state index contributed by atoms with van der Waals surface area (Å²) in [6, 6.07) is 19.3. The molecule has 0 saturated carbocycles. The molecular formula is C23H30N4O2. The van der Waals surface area contributed by atoms with Gasteiger partial charge in [0.05, 0.1) is 0 Å². The number of benzene rings is 2. The first-order chi connectivity index (χ1) is 14.0. The van der Waals surface area contributed by atoms with E-state index in [1.807, 2.05) is 62.4 Å². The van der Waals surface area contributed by atoms with E-state index in [1.54, 1.807) is 4.90 Å². The molecule has 2 aromatic carbocycles. The Morgan fingerprint density at radius 3 is 2.07 bits per heavy atom. The quantitative estimate of drug-likeness (QED) is 0.792. The van der Waals surface area contributed by atoms with Crippen LogP contribution in [0.4, 0.5) is 10.5 Å². The molecule has 1 saturated heterocycles. The van der Waals surface area contributed by atoms with Gasteiger partial charge in [0.15, 0.2) is 0 Å². The molecule has 3 rings (SSSR count). The van der Waals surface area contributed by atoms with Crippen LogP contribution in [0.25, 0.3) is 0 Å². The predicted octanol–water partition coefficient (Wildman–Crippen LogP) is 2.86. The van der Waals surface area contributed by atoms with Gasteiger partial charge in [-0.3, -0.25) is 4.79 Å². The van der Waals surface area contributed by atoms with Crippen molar-refractivity contribution >= 4 is 17.6 Å². The molecule has 0 bridgehead atoms. The number of amides is 3. The number of rotatable bonds is 6. The lowest BCUT2D eigenvalue weighted by Crippen LogP contribution is -2.57. The van der Waals surface area contributed by atoms with Gasteiger partial charge >= 0.3 is 6.03 Å². The van der Waals surface area contributed by atoms with Gasteiger partial charge in [-0.2, -0.15) is 0 Å². The van der Waals surface area contributed by atoms with Gasteiger partial charge in [0.2, 0.25) is 5.91 Å². The smallest absolute Gasteiger partial charge is 0.318 e. The maximum Gasteiger partial charge on any atom is 0.318 e. The number of anilines is 1. The normalized spacial score (nSPS) is 15.1. The van der Waals surface area contributed by atoms with Crippen LogP contribution >= 0.6 is 0 Å². The van der Waals surface area contributed by atoms with E-state index in [-0.39, 0.29) is 17.9 Å². The number of urea groups is 1. The molecule has 1 fully saturated rings. The number of hydrogen-bond acceptors (Lipinski definition) is 3. The van der Waals surface area contributed by atoms with Crippen LogP contribution in [0.1, 0.15) is 19.4 Å². The van der Waals surface area contributed by atoms with Gasteiger partial charge in [-0.05, 0) is 23.6 Å². The number of hydrogen-bond donors (Lipinski definition) is 2. The second-order valence-corrected chi connectivity index (χ2v) is 7.68. The summed E-state index contributed by atoms with van der Waals surface area (Å²) < 4.78 is 0. The van der Waals surface area contributed by atoms with Crippen molar-refractivity contribution in [2.24, 2.45) is 5.92 Å². The van der Waals surface area contributed by atoms with E-state index in [0.717, 1.165) is 18.7 Å². The zero-order valence-electron chi connectivity index (χ0n) is 17.2. The summed E-state index contributed by atoms with van der Waals surface area (Å²) in [6.07, 6.45) is 0. The van der Waals surface area contributed by atoms with Crippen LogP contribution in [0.3, 0.4) is 0 Å². The summed E-state index contributed by atoms with van der Waals surface area (Å²) >= 11 is 0. The summed E-state index contributed by atoms with van der Waals surface area (Å²) in [5, 5.41) is 5.87. The molecule has 1 atom stereocenters. The average Bonchev–Trinajstić information content (AvgIpc) is 2.77. The molecule has 1 aliphatic rings. The van der Waals surface area contributed by atoms with E-state index in [0.29, 0.717) is 19.6 Å². The van der Waals surface area contributed by atoms with Crippen LogP contribution in [0, 0.1) is 5.92 Å². The van der Waals surface area contributed by atoms with Crippen molar-refractivity contribution in [2.45, 2.75) is 26.4 Å². The topological polar surface area (TPSA) is 64.7 Å². The Labute approximate surface area is 172 Å². The van der Waals surface area contributed by atoms with Crippen molar-refractivity contribution in [1.29, 1.82) is 0 Å². The highest BCUT2D eigenvalue weighted by Gasteiger charge is 2.28. The van der Waals surface area contributed by atoms with Crippen LogP contribution in [0.15, 0.2) is 60.7 Å². The highest BCUT2D eigenvalue weighted by atomic mass is 16.2. The molecule has 1 aliphatic heterocycles. The Hall–Kier alpha value is -3.02. The molecule has 6 heteroatoms. The van der Waals surface area contributed by atoms with E-state index in [4.69, 9.17) is 0 Å². The average molecular weight is 395 g/mol. The maximum absolute atomic E-state index is 12.8. The fraction of sp³-hybridized carbons (Fsp3) is 0.391. The van der Waals surface area contributed by atoms with Crippen LogP contribution in [-0.2, 0) is 11.3 Å². The van der Waals surface area contributed by atoms with E-state index in [2.05, 4.69) is 27.7 Å². The third-order valence-corrected chi connectivity index (χ3v) is 5.23. The summed E-state index contributed by atoms with van der Waals surface area (Å²) in [5.74, 6) is -0.152. The van der Waals surface area contributed by atoms with Crippen molar-refractivity contribution in [3.05, 3.63) is 66.2 Å². The second-order valence-electron chi connectivity index (χ2n) is 7.68. The minimum Gasteiger partial charge on any atom is -0.368 e. The van der Waals surface area contributed by atoms with Gasteiger partial charge in [-0.15, -0.1) is 0 Å². The van der Waals surface area contributed by atoms with E-state index in [9.17, 15) is 9.59 Å². The number of carbonyl (C=O) groups is 2. The standard InChI is InChI=1S/C23H30N4O2/c1-18(2)21(22(28)24-17-19-9-5-3-6-10-19)25-23(29)27-15-13-26(14-16-27)20-11-7-4-8-12-20/h3-12,18,21H,13-17H2,1-2H3,(H,24,28)(H,25,29). The molecule has 6 nitrogen and oxygen atoms in total. The minimum atomic E-state index is -0.557. The Kier molecular flexibility index (Phi) is 7.11. The van der Waals surface area contributed by atoms with Gasteiger partial charge in [0, 0.05) is 38.4 Å². The summed E-state index contributed by atoms with van der Waals surface area (Å²) in [6.45, 7) is 7.18. The zero-order chi connectivity index (χ0) is 20.6. The lowest BCUT2D eigenvalue weighted by Gasteiger charge is -2.37. The molecular weight excluding hydrogens is 364 g/mol. The van der Waals surface area contributed by atoms with Crippen LogP contribution < -0.4 is 15.5 Å². The molecule has 0 aliphatic carbocycles. The lowest BCUT2D eigenvalue weighted by atomic mass is 10.0. The molecule has 2 N–H and O–H groups in total. The van der Waals surface area contributed by atoms with Crippen LogP contribution in [0.2, 0.25) is 0 Å². The Balaban J connectivity index is 1.51. The number of para-hydroxylation sites is 1. The SMILES string of the molecule is CC(C)C(NC(=O)N1CCN(c2ccccc2)CC1)C(=O)NCc1ccccc1. The number of nitrogens with zero attached hydrogens (tertiary/aromatic N) is 2. The summed E-state index contributed by atoms with van der Waals surface area (Å²) in [4.78, 5) is 29.5. The molecule has 2 aromatic rings. The van der Waals surface area contributed by atoms with Gasteiger partial charge in [-0.25, -0.2) is 4.79 Å². The molecule has 3 amide bonds. The van der Waals surface area contributed by atoms with Crippen molar-refractivity contribution in [3.8, 4) is 0 Å². The Morgan fingerprint density at radius 1 is 0.897 bits per heavy atom. The second kappa shape index (κ2) is 9.96. The number of carbonyl (C=O) groups excluding carboxylic acids is 2. The molecule has 0 aromatic heterocycles. The first-order valence-corrected chi connectivity index (χ1v) is 10.2. The summed E-state index contributed by atoms with van der Waals surface area (Å²) in [7, 11) is 0.